The van der Waals surface area contributed by atoms with Crippen LogP contribution in [0.25, 0.3) is 0 Å². The van der Waals surface area contributed by atoms with E-state index in [1.165, 1.54) is 28.3 Å². The first-order valence-electron chi connectivity index (χ1n) is 4.13. The molecule has 1 unspecified atom stereocenters. The van der Waals surface area contributed by atoms with Crippen molar-refractivity contribution >= 4 is 5.97 Å². The van der Waals surface area contributed by atoms with E-state index >= 15 is 0 Å². The van der Waals surface area contributed by atoms with Gasteiger partial charge in [0, 0.05) is 7.11 Å². The van der Waals surface area contributed by atoms with Gasteiger partial charge in [-0.25, -0.2) is 0 Å². The average Bonchev–Trinajstić information content (AvgIpc) is 1.97. The first-order chi connectivity index (χ1) is 6.13. The van der Waals surface area contributed by atoms with Crippen LogP contribution >= 0.6 is 0 Å². The molecule has 0 bridgehead atoms. The molecule has 0 fully saturated rings. The lowest BCUT2D eigenvalue weighted by atomic mass is 10.1. The Morgan fingerprint density at radius 2 is 1.86 bits per heavy atom. The van der Waals surface area contributed by atoms with Crippen molar-refractivity contribution in [2.75, 3.05) is 28.3 Å². The second-order valence-electron chi connectivity index (χ2n) is 4.02. The van der Waals surface area contributed by atoms with Crippen molar-refractivity contribution in [3.63, 3.8) is 0 Å². The van der Waals surface area contributed by atoms with Crippen LogP contribution in [0.5, 0.6) is 0 Å². The summed E-state index contributed by atoms with van der Waals surface area (Å²) < 4.78 is 4.53. The summed E-state index contributed by atoms with van der Waals surface area (Å²) in [6.45, 7) is 0. The number of ether oxygens (including phenoxy) is 1. The monoisotopic (exact) mass is 208 g/mol. The van der Waals surface area contributed by atoms with Crippen LogP contribution in [0.4, 0.5) is 0 Å². The fraction of sp³-hybridized carbons (Fsp3) is 0.875. The summed E-state index contributed by atoms with van der Waals surface area (Å²) >= 11 is 0. The van der Waals surface area contributed by atoms with E-state index in [1.807, 2.05) is 0 Å². The molecule has 84 valence electrons. The van der Waals surface area contributed by atoms with E-state index in [0.717, 1.165) is 0 Å². The molecule has 0 aliphatic carbocycles. The van der Waals surface area contributed by atoms with Gasteiger partial charge in [0.1, 0.15) is 0 Å². The number of aliphatic hydroxyl groups is 2. The minimum absolute atomic E-state index is 0.223. The number of quaternary nitrogens is 1. The Kier molecular flexibility index (Phi) is 4.01. The number of aliphatic carboxylic acids is 1. The average molecular weight is 208 g/mol. The Hall–Kier alpha value is -0.690. The van der Waals surface area contributed by atoms with Crippen LogP contribution in [0.15, 0.2) is 0 Å². The largest absolute Gasteiger partial charge is 0.481 e. The van der Waals surface area contributed by atoms with E-state index in [2.05, 4.69) is 0 Å². The Labute approximate surface area is 82.9 Å². The quantitative estimate of drug-likeness (QED) is 0.391. The van der Waals surface area contributed by atoms with Crippen molar-refractivity contribution in [1.29, 1.82) is 0 Å². The van der Waals surface area contributed by atoms with E-state index in [1.54, 1.807) is 0 Å². The molecule has 0 aromatic carbocycles. The second-order valence-corrected chi connectivity index (χ2v) is 4.02. The maximum atomic E-state index is 10.4. The van der Waals surface area contributed by atoms with Gasteiger partial charge in [-0.2, -0.15) is 0 Å². The zero-order chi connectivity index (χ0) is 11.6. The fourth-order valence-electron chi connectivity index (χ4n) is 0.969. The number of carbonyl (C=O) groups is 1. The third-order valence-corrected chi connectivity index (χ3v) is 2.06. The van der Waals surface area contributed by atoms with Crippen molar-refractivity contribution in [3.05, 3.63) is 0 Å². The summed E-state index contributed by atoms with van der Waals surface area (Å²) in [5.41, 5.74) is 0. The van der Waals surface area contributed by atoms with Gasteiger partial charge in [-0.05, 0) is 0 Å². The molecule has 0 amide bonds. The first kappa shape index (κ1) is 13.3. The minimum Gasteiger partial charge on any atom is -0.481 e. The number of likely N-dealkylation sites (N-methyl/N-ethyl adjacent to an activating group) is 1. The number of hydrogen-bond donors (Lipinski definition) is 3. The predicted octanol–water partition coefficient (Wildman–Crippen LogP) is -1.18. The number of nitrogens with zero attached hydrogens (tertiary/aromatic N) is 1. The maximum Gasteiger partial charge on any atom is 0.341 e. The van der Waals surface area contributed by atoms with E-state index in [-0.39, 0.29) is 4.48 Å². The molecule has 0 aromatic rings. The highest BCUT2D eigenvalue weighted by Crippen LogP contribution is 2.21. The summed E-state index contributed by atoms with van der Waals surface area (Å²) in [4.78, 5) is 10.4. The molecule has 6 heteroatoms. The van der Waals surface area contributed by atoms with E-state index in [0.29, 0.717) is 0 Å². The van der Waals surface area contributed by atoms with Gasteiger partial charge in [-0.1, -0.05) is 0 Å². The third-order valence-electron chi connectivity index (χ3n) is 2.06. The molecular weight excluding hydrogens is 190 g/mol. The van der Waals surface area contributed by atoms with Crippen LogP contribution in [0, 0.1) is 0 Å². The number of carboxylic acid groups (broad SMARTS) is 1. The lowest BCUT2D eigenvalue weighted by Gasteiger charge is -2.40. The molecule has 0 heterocycles. The van der Waals surface area contributed by atoms with Gasteiger partial charge in [0.15, 0.2) is 6.10 Å². The fourth-order valence-corrected chi connectivity index (χ4v) is 0.969. The summed E-state index contributed by atoms with van der Waals surface area (Å²) in [6.07, 6.45) is -1.63. The molecule has 1 atom stereocenters. The van der Waals surface area contributed by atoms with Crippen LogP contribution in [-0.2, 0) is 9.53 Å². The third kappa shape index (κ3) is 2.91. The molecule has 0 spiro atoms. The van der Waals surface area contributed by atoms with Gasteiger partial charge in [0.2, 0.25) is 0 Å². The molecule has 14 heavy (non-hydrogen) atoms. The highest BCUT2D eigenvalue weighted by atomic mass is 16.6. The van der Waals surface area contributed by atoms with E-state index < -0.39 is 24.4 Å². The molecular formula is C8H18NO5+. The Bertz CT molecular complexity index is 208. The zero-order valence-corrected chi connectivity index (χ0v) is 8.89. The lowest BCUT2D eigenvalue weighted by Crippen LogP contribution is -2.64. The lowest BCUT2D eigenvalue weighted by molar-refractivity contribution is -0.984. The first-order valence-corrected chi connectivity index (χ1v) is 4.13. The molecule has 0 radical (unpaired) electrons. The van der Waals surface area contributed by atoms with Gasteiger partial charge < -0.3 is 20.1 Å². The Balaban J connectivity index is 4.74. The number of carboxylic acids is 1. The van der Waals surface area contributed by atoms with Crippen LogP contribution in [-0.4, -0.2) is 66.0 Å². The van der Waals surface area contributed by atoms with Gasteiger partial charge in [0.05, 0.1) is 27.6 Å². The zero-order valence-electron chi connectivity index (χ0n) is 8.89. The molecule has 0 aliphatic heterocycles. The summed E-state index contributed by atoms with van der Waals surface area (Å²) in [5, 5.41) is 27.9. The molecule has 0 saturated carbocycles. The SMILES string of the molecule is COC(CC(=O)O)C(O)(O)[N+](C)(C)C. The van der Waals surface area contributed by atoms with Crippen molar-refractivity contribution < 1.29 is 29.3 Å². The van der Waals surface area contributed by atoms with Gasteiger partial charge in [-0.3, -0.25) is 9.28 Å². The van der Waals surface area contributed by atoms with Crippen molar-refractivity contribution in [1.82, 2.24) is 0 Å². The Morgan fingerprint density at radius 1 is 1.43 bits per heavy atom. The standard InChI is InChI=1S/C8H17NO5/c1-9(2,3)8(12,13)6(14-4)5-7(10)11/h6,12-13H,5H2,1-4H3/p+1. The van der Waals surface area contributed by atoms with Crippen molar-refractivity contribution in [3.8, 4) is 0 Å². The number of methoxy groups -OCH3 is 1. The molecule has 0 aliphatic rings. The van der Waals surface area contributed by atoms with Crippen molar-refractivity contribution in [2.24, 2.45) is 0 Å². The summed E-state index contributed by atoms with van der Waals surface area (Å²) in [5.74, 6) is -3.37. The second kappa shape index (κ2) is 4.22. The van der Waals surface area contributed by atoms with Gasteiger partial charge in [-0.15, -0.1) is 0 Å². The molecule has 0 saturated heterocycles. The smallest absolute Gasteiger partial charge is 0.341 e. The summed E-state index contributed by atoms with van der Waals surface area (Å²) in [6, 6.07) is 0. The highest BCUT2D eigenvalue weighted by Gasteiger charge is 2.48. The van der Waals surface area contributed by atoms with Crippen LogP contribution < -0.4 is 0 Å². The Morgan fingerprint density at radius 3 is 2.07 bits per heavy atom. The minimum atomic E-state index is -2.23. The highest BCUT2D eigenvalue weighted by molar-refractivity contribution is 5.67. The van der Waals surface area contributed by atoms with E-state index in [4.69, 9.17) is 9.84 Å². The van der Waals surface area contributed by atoms with Gasteiger partial charge in [0.25, 0.3) is 0 Å². The molecule has 3 N–H and O–H groups in total. The topological polar surface area (TPSA) is 87.0 Å². The van der Waals surface area contributed by atoms with Crippen molar-refractivity contribution in [2.45, 2.75) is 18.4 Å². The normalized spacial score (nSPS) is 15.3. The van der Waals surface area contributed by atoms with E-state index in [9.17, 15) is 15.0 Å². The van der Waals surface area contributed by atoms with Crippen LogP contribution in [0.2, 0.25) is 0 Å². The summed E-state index contributed by atoms with van der Waals surface area (Å²) in [7, 11) is 5.85. The molecule has 0 aromatic heterocycles. The molecule has 0 rings (SSSR count). The maximum absolute atomic E-state index is 10.4. The predicted molar refractivity (Wildman–Crippen MR) is 48.3 cm³/mol. The number of hydrogen-bond acceptors (Lipinski definition) is 4. The number of rotatable bonds is 5. The van der Waals surface area contributed by atoms with Crippen LogP contribution in [0.3, 0.4) is 0 Å². The van der Waals surface area contributed by atoms with Crippen LogP contribution in [0.1, 0.15) is 6.42 Å². The molecule has 6 nitrogen and oxygen atoms in total. The van der Waals surface area contributed by atoms with Gasteiger partial charge >= 0.3 is 11.9 Å².